The summed E-state index contributed by atoms with van der Waals surface area (Å²) in [6, 6.07) is 14.1. The second-order valence-electron chi connectivity index (χ2n) is 9.71. The summed E-state index contributed by atoms with van der Waals surface area (Å²) in [5.41, 5.74) is 3.21. The number of methoxy groups -OCH3 is 2. The number of amides is 1. The molecule has 0 saturated carbocycles. The first-order valence-electron chi connectivity index (χ1n) is 13.0. The number of hydrogen-bond acceptors (Lipinski definition) is 8. The van der Waals surface area contributed by atoms with Gasteiger partial charge in [0.1, 0.15) is 0 Å². The van der Waals surface area contributed by atoms with E-state index in [4.69, 9.17) is 14.0 Å². The molecule has 3 heterocycles. The van der Waals surface area contributed by atoms with E-state index in [0.29, 0.717) is 36.3 Å². The van der Waals surface area contributed by atoms with Crippen LogP contribution >= 0.6 is 0 Å². The van der Waals surface area contributed by atoms with Gasteiger partial charge in [0.2, 0.25) is 17.6 Å². The Morgan fingerprint density at radius 3 is 2.43 bits per heavy atom. The molecule has 0 aliphatic carbocycles. The number of likely N-dealkylation sites (tertiary alicyclic amines) is 1. The van der Waals surface area contributed by atoms with E-state index < -0.39 is 0 Å². The van der Waals surface area contributed by atoms with Crippen molar-refractivity contribution in [1.82, 2.24) is 20.4 Å². The smallest absolute Gasteiger partial charge is 0.241 e. The van der Waals surface area contributed by atoms with Crippen molar-refractivity contribution in [3.63, 3.8) is 0 Å². The van der Waals surface area contributed by atoms with Crippen LogP contribution in [0.15, 0.2) is 47.0 Å². The molecule has 196 valence electrons. The number of piperidine rings is 1. The second kappa shape index (κ2) is 11.6. The SMILES string of the molecule is COc1ccc(-c2noc(CN3CCC(C(=O)NCc4ccc(N5CCCC5)cc4)CC3)n2)cc1OC. The van der Waals surface area contributed by atoms with E-state index in [0.717, 1.165) is 50.1 Å². The number of carbonyl (C=O) groups is 1. The molecule has 0 bridgehead atoms. The molecule has 1 N–H and O–H groups in total. The van der Waals surface area contributed by atoms with Gasteiger partial charge in [-0.05, 0) is 74.7 Å². The van der Waals surface area contributed by atoms with Crippen molar-refractivity contribution in [2.75, 3.05) is 45.3 Å². The van der Waals surface area contributed by atoms with Crippen LogP contribution in [0, 0.1) is 5.92 Å². The summed E-state index contributed by atoms with van der Waals surface area (Å²) < 4.78 is 16.2. The number of benzene rings is 2. The molecule has 2 aliphatic rings. The van der Waals surface area contributed by atoms with Crippen molar-refractivity contribution in [2.24, 2.45) is 5.92 Å². The lowest BCUT2D eigenvalue weighted by molar-refractivity contribution is -0.126. The Kier molecular flexibility index (Phi) is 7.89. The van der Waals surface area contributed by atoms with Crippen LogP contribution < -0.4 is 19.7 Å². The lowest BCUT2D eigenvalue weighted by Gasteiger charge is -2.30. The third-order valence-electron chi connectivity index (χ3n) is 7.30. The van der Waals surface area contributed by atoms with Gasteiger partial charge in [0.05, 0.1) is 20.8 Å². The summed E-state index contributed by atoms with van der Waals surface area (Å²) in [5, 5.41) is 7.26. The van der Waals surface area contributed by atoms with Crippen molar-refractivity contribution in [3.8, 4) is 22.9 Å². The topological polar surface area (TPSA) is 93.0 Å². The van der Waals surface area contributed by atoms with E-state index in [9.17, 15) is 4.79 Å². The largest absolute Gasteiger partial charge is 0.493 e. The number of ether oxygens (including phenoxy) is 2. The van der Waals surface area contributed by atoms with Gasteiger partial charge in [-0.1, -0.05) is 17.3 Å². The Balaban J connectivity index is 1.07. The number of carbonyl (C=O) groups excluding carboxylic acids is 1. The van der Waals surface area contributed by atoms with Gasteiger partial charge in [-0.2, -0.15) is 4.98 Å². The molecular formula is C28H35N5O4. The van der Waals surface area contributed by atoms with E-state index in [1.54, 1.807) is 14.2 Å². The molecular weight excluding hydrogens is 470 g/mol. The second-order valence-corrected chi connectivity index (χ2v) is 9.71. The van der Waals surface area contributed by atoms with Crippen molar-refractivity contribution in [3.05, 3.63) is 53.9 Å². The Morgan fingerprint density at radius 1 is 1.00 bits per heavy atom. The molecule has 2 fully saturated rings. The molecule has 0 spiro atoms. The first-order valence-corrected chi connectivity index (χ1v) is 13.0. The first-order chi connectivity index (χ1) is 18.1. The fourth-order valence-corrected chi connectivity index (χ4v) is 5.09. The van der Waals surface area contributed by atoms with Gasteiger partial charge in [0.15, 0.2) is 11.5 Å². The third kappa shape index (κ3) is 6.05. The van der Waals surface area contributed by atoms with Crippen LogP contribution in [-0.2, 0) is 17.9 Å². The summed E-state index contributed by atoms with van der Waals surface area (Å²) in [6.45, 7) is 5.05. The highest BCUT2D eigenvalue weighted by Gasteiger charge is 2.26. The van der Waals surface area contributed by atoms with Gasteiger partial charge >= 0.3 is 0 Å². The van der Waals surface area contributed by atoms with Crippen molar-refractivity contribution < 1.29 is 18.8 Å². The lowest BCUT2D eigenvalue weighted by Crippen LogP contribution is -2.40. The van der Waals surface area contributed by atoms with Gasteiger partial charge in [-0.3, -0.25) is 9.69 Å². The van der Waals surface area contributed by atoms with Crippen LogP contribution in [-0.4, -0.2) is 61.3 Å². The molecule has 2 aromatic carbocycles. The Hall–Kier alpha value is -3.59. The molecule has 0 unspecified atom stereocenters. The maximum atomic E-state index is 12.8. The Bertz CT molecular complexity index is 1180. The minimum absolute atomic E-state index is 0.0325. The molecule has 37 heavy (non-hydrogen) atoms. The molecule has 9 heteroatoms. The van der Waals surface area contributed by atoms with Crippen LogP contribution in [0.3, 0.4) is 0 Å². The first kappa shape index (κ1) is 25.1. The number of aromatic nitrogens is 2. The van der Waals surface area contributed by atoms with Crippen LogP contribution in [0.1, 0.15) is 37.1 Å². The Morgan fingerprint density at radius 2 is 1.73 bits per heavy atom. The molecule has 9 nitrogen and oxygen atoms in total. The molecule has 0 radical (unpaired) electrons. The predicted molar refractivity (Wildman–Crippen MR) is 141 cm³/mol. The molecule has 3 aromatic rings. The van der Waals surface area contributed by atoms with Crippen LogP contribution in [0.25, 0.3) is 11.4 Å². The molecule has 1 aromatic heterocycles. The monoisotopic (exact) mass is 505 g/mol. The summed E-state index contributed by atoms with van der Waals surface area (Å²) in [6.07, 6.45) is 4.17. The van der Waals surface area contributed by atoms with Gasteiger partial charge in [0, 0.05) is 36.8 Å². The van der Waals surface area contributed by atoms with Crippen molar-refractivity contribution >= 4 is 11.6 Å². The van der Waals surface area contributed by atoms with Gasteiger partial charge < -0.3 is 24.2 Å². The van der Waals surface area contributed by atoms with Crippen LogP contribution in [0.5, 0.6) is 11.5 Å². The maximum Gasteiger partial charge on any atom is 0.241 e. The molecule has 2 aliphatic heterocycles. The molecule has 5 rings (SSSR count). The summed E-state index contributed by atoms with van der Waals surface area (Å²) in [7, 11) is 3.20. The molecule has 2 saturated heterocycles. The fourth-order valence-electron chi connectivity index (χ4n) is 5.09. The lowest BCUT2D eigenvalue weighted by atomic mass is 9.96. The maximum absolute atomic E-state index is 12.8. The standard InChI is InChI=1S/C28H35N5O4/c1-35-24-10-7-22(17-25(24)36-2)27-30-26(37-31-27)19-32-15-11-21(12-16-32)28(34)29-18-20-5-8-23(9-6-20)33-13-3-4-14-33/h5-10,17,21H,3-4,11-16,18-19H2,1-2H3,(H,29,34). The highest BCUT2D eigenvalue weighted by atomic mass is 16.5. The van der Waals surface area contributed by atoms with E-state index in [1.165, 1.54) is 18.5 Å². The zero-order valence-electron chi connectivity index (χ0n) is 21.6. The zero-order chi connectivity index (χ0) is 25.6. The summed E-state index contributed by atoms with van der Waals surface area (Å²) in [4.78, 5) is 22.0. The van der Waals surface area contributed by atoms with E-state index >= 15 is 0 Å². The minimum atomic E-state index is 0.0325. The normalized spacial score (nSPS) is 16.6. The van der Waals surface area contributed by atoms with E-state index in [1.807, 2.05) is 18.2 Å². The highest BCUT2D eigenvalue weighted by Crippen LogP contribution is 2.31. The average molecular weight is 506 g/mol. The van der Waals surface area contributed by atoms with Gasteiger partial charge in [-0.15, -0.1) is 0 Å². The average Bonchev–Trinajstić information content (AvgIpc) is 3.65. The van der Waals surface area contributed by atoms with Crippen molar-refractivity contribution in [2.45, 2.75) is 38.8 Å². The van der Waals surface area contributed by atoms with Crippen LogP contribution in [0.4, 0.5) is 5.69 Å². The van der Waals surface area contributed by atoms with Gasteiger partial charge in [0.25, 0.3) is 0 Å². The molecule has 0 atom stereocenters. The van der Waals surface area contributed by atoms with Gasteiger partial charge in [-0.25, -0.2) is 0 Å². The number of nitrogens with one attached hydrogen (secondary N) is 1. The highest BCUT2D eigenvalue weighted by molar-refractivity contribution is 5.78. The minimum Gasteiger partial charge on any atom is -0.493 e. The number of hydrogen-bond donors (Lipinski definition) is 1. The third-order valence-corrected chi connectivity index (χ3v) is 7.30. The molecule has 1 amide bonds. The Labute approximate surface area is 217 Å². The number of nitrogens with zero attached hydrogens (tertiary/aromatic N) is 4. The summed E-state index contributed by atoms with van der Waals surface area (Å²) in [5.74, 6) is 2.51. The van der Waals surface area contributed by atoms with E-state index in [-0.39, 0.29) is 11.8 Å². The number of rotatable bonds is 9. The predicted octanol–water partition coefficient (Wildman–Crippen LogP) is 3.88. The number of anilines is 1. The van der Waals surface area contributed by atoms with Crippen LogP contribution in [0.2, 0.25) is 0 Å². The van der Waals surface area contributed by atoms with E-state index in [2.05, 4.69) is 49.5 Å². The fraction of sp³-hybridized carbons (Fsp3) is 0.464. The zero-order valence-corrected chi connectivity index (χ0v) is 21.6. The van der Waals surface area contributed by atoms with Crippen molar-refractivity contribution in [1.29, 1.82) is 0 Å². The summed E-state index contributed by atoms with van der Waals surface area (Å²) >= 11 is 0. The quantitative estimate of drug-likeness (QED) is 0.468.